The molecule has 4 rings (SSSR count). The van der Waals surface area contributed by atoms with Crippen LogP contribution in [0.3, 0.4) is 0 Å². The smallest absolute Gasteiger partial charge is 0.305 e. The Balaban J connectivity index is 1.43. The van der Waals surface area contributed by atoms with Gasteiger partial charge in [-0.15, -0.1) is 0 Å². The van der Waals surface area contributed by atoms with Gasteiger partial charge in [-0.25, -0.2) is 4.98 Å². The number of hydrogen-bond donors (Lipinski definition) is 2. The molecule has 10 nitrogen and oxygen atoms in total. The number of thioether (sulfide) groups is 1. The normalized spacial score (nSPS) is 16.0. The molecule has 2 fully saturated rings. The number of nitrogens with two attached hydrogens (primary N) is 1. The summed E-state index contributed by atoms with van der Waals surface area (Å²) in [5.74, 6) is 0.203. The molecule has 0 radical (unpaired) electrons. The van der Waals surface area contributed by atoms with E-state index in [-0.39, 0.29) is 34.8 Å². The lowest BCUT2D eigenvalue weighted by atomic mass is 10.0. The molecule has 11 heteroatoms. The van der Waals surface area contributed by atoms with Gasteiger partial charge in [0.2, 0.25) is 11.2 Å². The minimum Gasteiger partial charge on any atom is -0.383 e. The highest BCUT2D eigenvalue weighted by Crippen LogP contribution is 2.45. The van der Waals surface area contributed by atoms with Crippen molar-refractivity contribution in [2.75, 3.05) is 34.9 Å². The number of rotatable bonds is 6. The maximum atomic E-state index is 12.4. The van der Waals surface area contributed by atoms with E-state index in [2.05, 4.69) is 32.7 Å². The SMILES string of the molecule is N#Cc1c(N)nc(SCC(=O)Nc2c[n+](N3CCCCC3)no2)c(C#N)c1C1CC1. The standard InChI is InChI=1S/C19H20N8O2S/c20-8-13-17(12-4-5-12)14(9-21)19(24-18(13)22)30-11-15(28)23-16-10-27(25-29-16)26-6-2-1-3-7-26/h10,12H,1-7,11H2,(H2-,22,23,24,25,28)/p+1. The molecule has 154 valence electrons. The molecule has 1 saturated carbocycles. The molecule has 3 heterocycles. The number of pyridine rings is 1. The number of aromatic nitrogens is 3. The Labute approximate surface area is 177 Å². The number of nitrogen functional groups attached to an aromatic ring is 1. The summed E-state index contributed by atoms with van der Waals surface area (Å²) in [6, 6.07) is 4.20. The lowest BCUT2D eigenvalue weighted by Crippen LogP contribution is -2.60. The summed E-state index contributed by atoms with van der Waals surface area (Å²) in [7, 11) is 0. The largest absolute Gasteiger partial charge is 0.383 e. The van der Waals surface area contributed by atoms with Gasteiger partial charge in [0.05, 0.1) is 34.8 Å². The number of amides is 1. The van der Waals surface area contributed by atoms with Gasteiger partial charge in [-0.05, 0) is 43.6 Å². The van der Waals surface area contributed by atoms with Crippen molar-refractivity contribution >= 4 is 29.4 Å². The van der Waals surface area contributed by atoms with Crippen LogP contribution in [-0.2, 0) is 4.79 Å². The van der Waals surface area contributed by atoms with Gasteiger partial charge in [-0.2, -0.15) is 15.5 Å². The van der Waals surface area contributed by atoms with Crippen molar-refractivity contribution < 1.29 is 14.1 Å². The summed E-state index contributed by atoms with van der Waals surface area (Å²) in [6.07, 6.45) is 6.88. The molecule has 2 aromatic heterocycles. The zero-order chi connectivity index (χ0) is 21.1. The summed E-state index contributed by atoms with van der Waals surface area (Å²) in [5, 5.41) is 28.1. The van der Waals surface area contributed by atoms with Gasteiger partial charge in [0, 0.05) is 0 Å². The Hall–Kier alpha value is -3.31. The predicted octanol–water partition coefficient (Wildman–Crippen LogP) is 1.41. The number of nitriles is 2. The van der Waals surface area contributed by atoms with Gasteiger partial charge in [0.15, 0.2) is 0 Å². The monoisotopic (exact) mass is 425 g/mol. The Morgan fingerprint density at radius 3 is 2.70 bits per heavy atom. The van der Waals surface area contributed by atoms with E-state index >= 15 is 0 Å². The topological polar surface area (TPSA) is 149 Å². The third-order valence-corrected chi connectivity index (χ3v) is 6.10. The molecule has 1 amide bonds. The summed E-state index contributed by atoms with van der Waals surface area (Å²) in [6.45, 7) is 1.79. The minimum atomic E-state index is -0.316. The Morgan fingerprint density at radius 2 is 2.03 bits per heavy atom. The van der Waals surface area contributed by atoms with E-state index in [1.807, 2.05) is 0 Å². The van der Waals surface area contributed by atoms with E-state index < -0.39 is 0 Å². The van der Waals surface area contributed by atoms with Gasteiger partial charge >= 0.3 is 5.88 Å². The highest BCUT2D eigenvalue weighted by atomic mass is 32.2. The molecule has 0 atom stereocenters. The first-order valence-corrected chi connectivity index (χ1v) is 10.8. The molecule has 0 bridgehead atoms. The minimum absolute atomic E-state index is 0.0154. The first-order valence-electron chi connectivity index (χ1n) is 9.80. The van der Waals surface area contributed by atoms with E-state index in [4.69, 9.17) is 10.3 Å². The van der Waals surface area contributed by atoms with Crippen molar-refractivity contribution in [2.45, 2.75) is 43.0 Å². The van der Waals surface area contributed by atoms with Crippen LogP contribution < -0.4 is 20.9 Å². The van der Waals surface area contributed by atoms with Crippen LogP contribution in [0.5, 0.6) is 0 Å². The fourth-order valence-electron chi connectivity index (χ4n) is 3.53. The fraction of sp³-hybridized carbons (Fsp3) is 0.474. The van der Waals surface area contributed by atoms with Crippen LogP contribution in [0.15, 0.2) is 15.7 Å². The molecule has 1 saturated heterocycles. The van der Waals surface area contributed by atoms with Crippen LogP contribution in [0, 0.1) is 22.7 Å². The number of hydrogen-bond acceptors (Lipinski definition) is 9. The molecular weight excluding hydrogens is 404 g/mol. The average molecular weight is 425 g/mol. The molecule has 30 heavy (non-hydrogen) atoms. The van der Waals surface area contributed by atoms with Gasteiger partial charge in [0.25, 0.3) is 6.20 Å². The fourth-order valence-corrected chi connectivity index (χ4v) is 4.33. The summed E-state index contributed by atoms with van der Waals surface area (Å²) < 4.78 is 5.20. The maximum absolute atomic E-state index is 12.4. The van der Waals surface area contributed by atoms with Crippen LogP contribution in [0.25, 0.3) is 0 Å². The number of piperidine rings is 1. The van der Waals surface area contributed by atoms with Crippen LogP contribution in [0.2, 0.25) is 0 Å². The first kappa shape index (κ1) is 20.0. The third-order valence-electron chi connectivity index (χ3n) is 5.12. The van der Waals surface area contributed by atoms with Crippen molar-refractivity contribution in [3.8, 4) is 12.1 Å². The first-order chi connectivity index (χ1) is 14.6. The van der Waals surface area contributed by atoms with Crippen LogP contribution in [0.1, 0.15) is 54.7 Å². The predicted molar refractivity (Wildman–Crippen MR) is 108 cm³/mol. The molecule has 0 aromatic carbocycles. The van der Waals surface area contributed by atoms with Gasteiger partial charge in [0.1, 0.15) is 23.0 Å². The van der Waals surface area contributed by atoms with Gasteiger partial charge in [-0.3, -0.25) is 14.6 Å². The molecule has 1 aliphatic carbocycles. The number of carbonyl (C=O) groups excluding carboxylic acids is 1. The molecule has 1 aliphatic heterocycles. The highest BCUT2D eigenvalue weighted by Gasteiger charge is 2.32. The Morgan fingerprint density at radius 1 is 1.30 bits per heavy atom. The quantitative estimate of drug-likeness (QED) is 0.517. The van der Waals surface area contributed by atoms with Crippen molar-refractivity contribution in [3.63, 3.8) is 0 Å². The average Bonchev–Trinajstić information content (AvgIpc) is 3.50. The van der Waals surface area contributed by atoms with Crippen LogP contribution in [-0.4, -0.2) is 35.0 Å². The summed E-state index contributed by atoms with van der Waals surface area (Å²) >= 11 is 1.11. The zero-order valence-corrected chi connectivity index (χ0v) is 17.1. The van der Waals surface area contributed by atoms with E-state index in [1.165, 1.54) is 6.42 Å². The van der Waals surface area contributed by atoms with E-state index in [0.29, 0.717) is 16.2 Å². The molecule has 3 N–H and O–H groups in total. The molecule has 2 aliphatic rings. The van der Waals surface area contributed by atoms with Gasteiger partial charge < -0.3 is 5.73 Å². The zero-order valence-electron chi connectivity index (χ0n) is 16.3. The molecular formula is C19H21N8O2S+. The Bertz CT molecular complexity index is 1040. The maximum Gasteiger partial charge on any atom is 0.305 e. The van der Waals surface area contributed by atoms with Crippen molar-refractivity contribution in [2.24, 2.45) is 0 Å². The number of anilines is 2. The van der Waals surface area contributed by atoms with Crippen molar-refractivity contribution in [3.05, 3.63) is 22.9 Å². The summed E-state index contributed by atoms with van der Waals surface area (Å²) in [5.41, 5.74) is 7.21. The lowest BCUT2D eigenvalue weighted by molar-refractivity contribution is -0.759. The highest BCUT2D eigenvalue weighted by molar-refractivity contribution is 8.00. The van der Waals surface area contributed by atoms with E-state index in [1.54, 1.807) is 11.0 Å². The van der Waals surface area contributed by atoms with Crippen molar-refractivity contribution in [1.82, 2.24) is 10.3 Å². The second kappa shape index (κ2) is 8.59. The van der Waals surface area contributed by atoms with E-state index in [0.717, 1.165) is 50.5 Å². The van der Waals surface area contributed by atoms with E-state index in [9.17, 15) is 15.3 Å². The number of nitrogens with zero attached hydrogens (tertiary/aromatic N) is 6. The number of nitrogens with one attached hydrogen (secondary N) is 1. The number of carbonyl (C=O) groups is 1. The third kappa shape index (κ3) is 4.16. The molecule has 2 aromatic rings. The lowest BCUT2D eigenvalue weighted by Gasteiger charge is -2.17. The molecule has 0 unspecified atom stereocenters. The Kier molecular flexibility index (Phi) is 5.72. The van der Waals surface area contributed by atoms with Crippen LogP contribution in [0.4, 0.5) is 11.7 Å². The van der Waals surface area contributed by atoms with Gasteiger partial charge in [-0.1, -0.05) is 11.8 Å². The molecule has 0 spiro atoms. The second-order valence-corrected chi connectivity index (χ2v) is 8.27. The van der Waals surface area contributed by atoms with Crippen LogP contribution >= 0.6 is 11.8 Å². The second-order valence-electron chi connectivity index (χ2n) is 7.30. The summed E-state index contributed by atoms with van der Waals surface area (Å²) in [4.78, 5) is 18.2. The van der Waals surface area contributed by atoms with Crippen molar-refractivity contribution in [1.29, 1.82) is 10.5 Å².